The smallest absolute Gasteiger partial charge is 0.273 e. The minimum absolute atomic E-state index is 0.0823. The van der Waals surface area contributed by atoms with Gasteiger partial charge in [-0.3, -0.25) is 15.5 Å². The quantitative estimate of drug-likeness (QED) is 0.149. The Morgan fingerprint density at radius 3 is 2.53 bits per heavy atom. The minimum Gasteiger partial charge on any atom is -0.496 e. The van der Waals surface area contributed by atoms with Gasteiger partial charge in [0.15, 0.2) is 11.6 Å². The number of non-ortho nitro benzene ring substituents is 1. The van der Waals surface area contributed by atoms with Gasteiger partial charge in [0.05, 0.1) is 29.9 Å². The third kappa shape index (κ3) is 4.83. The first-order valence-corrected chi connectivity index (χ1v) is 11.0. The molecule has 5 aromatic rings. The van der Waals surface area contributed by atoms with Crippen molar-refractivity contribution in [2.75, 3.05) is 17.9 Å². The molecule has 2 N–H and O–H groups in total. The molecule has 0 unspecified atom stereocenters. The maximum atomic E-state index is 11.0. The van der Waals surface area contributed by atoms with Crippen LogP contribution in [0.4, 0.5) is 23.0 Å². The van der Waals surface area contributed by atoms with E-state index < -0.39 is 4.92 Å². The van der Waals surface area contributed by atoms with Crippen molar-refractivity contribution in [3.8, 4) is 17.1 Å². The highest BCUT2D eigenvalue weighted by Gasteiger charge is 2.16. The van der Waals surface area contributed by atoms with Gasteiger partial charge < -0.3 is 14.5 Å². The number of rotatable bonds is 8. The van der Waals surface area contributed by atoms with Gasteiger partial charge in [-0.2, -0.15) is 10.1 Å². The number of nitrogens with one attached hydrogen (secondary N) is 2. The van der Waals surface area contributed by atoms with Crippen LogP contribution >= 0.6 is 15.9 Å². The fraction of sp³-hybridized carbons (Fsp3) is 0.0455. The van der Waals surface area contributed by atoms with E-state index in [9.17, 15) is 10.1 Å². The molecule has 13 nitrogen and oxygen atoms in total. The molecule has 0 radical (unpaired) electrons. The number of fused-ring (bicyclic) bond motifs is 1. The lowest BCUT2D eigenvalue weighted by Gasteiger charge is -2.09. The zero-order valence-corrected chi connectivity index (χ0v) is 20.0. The van der Waals surface area contributed by atoms with Crippen molar-refractivity contribution in [3.63, 3.8) is 0 Å². The van der Waals surface area contributed by atoms with Crippen molar-refractivity contribution in [3.05, 3.63) is 74.9 Å². The summed E-state index contributed by atoms with van der Waals surface area (Å²) < 4.78 is 16.7. The molecular weight excluding hydrogens is 536 g/mol. The number of hydrogen-bond acceptors (Lipinski definition) is 12. The molecule has 0 aliphatic carbocycles. The maximum Gasteiger partial charge on any atom is 0.273 e. The van der Waals surface area contributed by atoms with Crippen LogP contribution in [0, 0.1) is 10.1 Å². The Bertz CT molecular complexity index is 1580. The van der Waals surface area contributed by atoms with E-state index in [1.165, 1.54) is 25.5 Å². The van der Waals surface area contributed by atoms with Crippen LogP contribution in [0.1, 0.15) is 5.76 Å². The SMILES string of the molecule is COc1cc([N+](=O)[O-])ccc1-c1ccc(/C=N/Nc2nc3nonc3nc2Nc2ccc(Br)cc2)o1. The molecule has 14 heteroatoms. The highest BCUT2D eigenvalue weighted by molar-refractivity contribution is 9.10. The van der Waals surface area contributed by atoms with Gasteiger partial charge >= 0.3 is 0 Å². The Hall–Kier alpha value is -4.85. The van der Waals surface area contributed by atoms with Crippen LogP contribution in [-0.2, 0) is 0 Å². The van der Waals surface area contributed by atoms with Crippen LogP contribution < -0.4 is 15.5 Å². The number of nitrogens with zero attached hydrogens (tertiary/aromatic N) is 6. The van der Waals surface area contributed by atoms with Crippen LogP contribution in [0.5, 0.6) is 5.75 Å². The maximum absolute atomic E-state index is 11.0. The molecule has 180 valence electrons. The van der Waals surface area contributed by atoms with Crippen LogP contribution in [-0.4, -0.2) is 38.5 Å². The third-order valence-corrected chi connectivity index (χ3v) is 5.40. The average molecular weight is 551 g/mol. The van der Waals surface area contributed by atoms with Crippen LogP contribution in [0.3, 0.4) is 0 Å². The molecule has 0 saturated heterocycles. The van der Waals surface area contributed by atoms with E-state index in [4.69, 9.17) is 13.8 Å². The second-order valence-corrected chi connectivity index (χ2v) is 8.09. The van der Waals surface area contributed by atoms with Gasteiger partial charge in [-0.25, -0.2) is 9.61 Å². The predicted molar refractivity (Wildman–Crippen MR) is 133 cm³/mol. The number of furan rings is 1. The summed E-state index contributed by atoms with van der Waals surface area (Å²) in [5.41, 5.74) is 4.51. The third-order valence-electron chi connectivity index (χ3n) is 4.87. The second kappa shape index (κ2) is 9.79. The van der Waals surface area contributed by atoms with Gasteiger partial charge in [0.2, 0.25) is 11.3 Å². The monoisotopic (exact) mass is 550 g/mol. The summed E-state index contributed by atoms with van der Waals surface area (Å²) >= 11 is 3.40. The molecule has 0 aliphatic heterocycles. The summed E-state index contributed by atoms with van der Waals surface area (Å²) in [6.45, 7) is 0. The molecule has 0 aliphatic rings. The summed E-state index contributed by atoms with van der Waals surface area (Å²) in [4.78, 5) is 19.3. The van der Waals surface area contributed by atoms with Crippen LogP contribution in [0.25, 0.3) is 22.6 Å². The topological polar surface area (TPSA) is 167 Å². The largest absolute Gasteiger partial charge is 0.496 e. The average Bonchev–Trinajstić information content (AvgIpc) is 3.54. The molecule has 0 amide bonds. The molecule has 36 heavy (non-hydrogen) atoms. The van der Waals surface area contributed by atoms with Gasteiger partial charge in [0.25, 0.3) is 5.69 Å². The standard InChI is InChI=1S/C22H15BrN8O5/c1-34-18-10-14(31(32)33)6-8-16(18)17-9-7-15(35-17)11-24-28-20-19(25-13-4-2-12(23)3-5-13)26-21-22(27-20)30-36-29-21/h2-11H,1H3,(H,25,26,29)(H,27,28,30)/b24-11+. The molecule has 0 saturated carbocycles. The molecule has 3 aromatic heterocycles. The lowest BCUT2D eigenvalue weighted by molar-refractivity contribution is -0.384. The molecule has 0 spiro atoms. The Labute approximate surface area is 210 Å². The summed E-state index contributed by atoms with van der Waals surface area (Å²) in [7, 11) is 1.43. The first-order valence-electron chi connectivity index (χ1n) is 10.2. The van der Waals surface area contributed by atoms with E-state index >= 15 is 0 Å². The number of ether oxygens (including phenoxy) is 1. The van der Waals surface area contributed by atoms with Gasteiger partial charge in [-0.05, 0) is 52.8 Å². The van der Waals surface area contributed by atoms with Crippen molar-refractivity contribution in [1.29, 1.82) is 0 Å². The van der Waals surface area contributed by atoms with E-state index in [-0.39, 0.29) is 22.8 Å². The highest BCUT2D eigenvalue weighted by Crippen LogP contribution is 2.34. The summed E-state index contributed by atoms with van der Waals surface area (Å²) in [5, 5.41) is 25.8. The van der Waals surface area contributed by atoms with Crippen LogP contribution in [0.2, 0.25) is 0 Å². The number of nitro groups is 1. The first kappa shape index (κ1) is 22.9. The number of halogens is 1. The van der Waals surface area contributed by atoms with E-state index in [1.54, 1.807) is 18.2 Å². The van der Waals surface area contributed by atoms with Gasteiger partial charge in [-0.15, -0.1) is 0 Å². The highest BCUT2D eigenvalue weighted by atomic mass is 79.9. The molecule has 0 bridgehead atoms. The van der Waals surface area contributed by atoms with Gasteiger partial charge in [-0.1, -0.05) is 15.9 Å². The Balaban J connectivity index is 1.37. The van der Waals surface area contributed by atoms with Crippen molar-refractivity contribution >= 4 is 56.4 Å². The Morgan fingerprint density at radius 2 is 1.81 bits per heavy atom. The lowest BCUT2D eigenvalue weighted by atomic mass is 10.1. The molecular formula is C22H15BrN8O5. The van der Waals surface area contributed by atoms with E-state index in [2.05, 4.69) is 52.1 Å². The molecule has 5 rings (SSSR count). The van der Waals surface area contributed by atoms with Gasteiger partial charge in [0.1, 0.15) is 17.3 Å². The molecule has 2 aromatic carbocycles. The van der Waals surface area contributed by atoms with Crippen molar-refractivity contribution < 1.29 is 18.7 Å². The van der Waals surface area contributed by atoms with Crippen molar-refractivity contribution in [2.24, 2.45) is 5.10 Å². The second-order valence-electron chi connectivity index (χ2n) is 7.18. The summed E-state index contributed by atoms with van der Waals surface area (Å²) in [5.74, 6) is 1.82. The minimum atomic E-state index is -0.493. The van der Waals surface area contributed by atoms with E-state index in [1.807, 2.05) is 24.3 Å². The summed E-state index contributed by atoms with van der Waals surface area (Å²) in [6, 6.07) is 15.2. The Kier molecular flexibility index (Phi) is 6.23. The molecule has 0 atom stereocenters. The van der Waals surface area contributed by atoms with Crippen LogP contribution in [0.15, 0.2) is 73.2 Å². The molecule has 0 fully saturated rings. The number of methoxy groups -OCH3 is 1. The fourth-order valence-electron chi connectivity index (χ4n) is 3.19. The van der Waals surface area contributed by atoms with E-state index in [0.29, 0.717) is 28.7 Å². The first-order chi connectivity index (χ1) is 17.5. The molecule has 3 heterocycles. The van der Waals surface area contributed by atoms with E-state index in [0.717, 1.165) is 10.2 Å². The number of anilines is 3. The predicted octanol–water partition coefficient (Wildman–Crippen LogP) is 5.14. The van der Waals surface area contributed by atoms with Crippen molar-refractivity contribution in [2.45, 2.75) is 0 Å². The number of hydrazone groups is 1. The lowest BCUT2D eigenvalue weighted by Crippen LogP contribution is -2.03. The van der Waals surface area contributed by atoms with Crippen molar-refractivity contribution in [1.82, 2.24) is 20.3 Å². The zero-order chi connectivity index (χ0) is 25.1. The number of aromatic nitrogens is 4. The number of hydrogen-bond donors (Lipinski definition) is 2. The van der Waals surface area contributed by atoms with Gasteiger partial charge in [0, 0.05) is 16.2 Å². The normalized spacial score (nSPS) is 11.2. The Morgan fingerprint density at radius 1 is 1.06 bits per heavy atom. The summed E-state index contributed by atoms with van der Waals surface area (Å²) in [6.07, 6.45) is 1.44. The number of nitro benzene ring substituents is 1. The fourth-order valence-corrected chi connectivity index (χ4v) is 3.46. The number of benzene rings is 2. The zero-order valence-electron chi connectivity index (χ0n) is 18.4.